The molecule has 2 amide bonds. The summed E-state index contributed by atoms with van der Waals surface area (Å²) in [6, 6.07) is 21.4. The first-order chi connectivity index (χ1) is 17.3. The number of carboxylic acids is 2. The number of fused-ring (bicyclic) bond motifs is 1. The molecule has 1 saturated heterocycles. The van der Waals surface area contributed by atoms with E-state index in [1.807, 2.05) is 0 Å². The van der Waals surface area contributed by atoms with Gasteiger partial charge in [-0.2, -0.15) is 0 Å². The Labute approximate surface area is 209 Å². The van der Waals surface area contributed by atoms with Crippen molar-refractivity contribution in [2.75, 3.05) is 16.3 Å². The Morgan fingerprint density at radius 1 is 0.861 bits per heavy atom. The number of hydrogen-bond acceptors (Lipinski definition) is 6. The molecule has 2 heterocycles. The zero-order valence-electron chi connectivity index (χ0n) is 18.5. The van der Waals surface area contributed by atoms with Crippen LogP contribution in [0.25, 0.3) is 5.57 Å². The Hall–Kier alpha value is -4.70. The smallest absolute Gasteiger partial charge is 0.335 e. The molecule has 3 aromatic carbocycles. The maximum Gasteiger partial charge on any atom is 0.335 e. The Balaban J connectivity index is 1.67. The summed E-state index contributed by atoms with van der Waals surface area (Å²) in [6.07, 6.45) is 0. The van der Waals surface area contributed by atoms with E-state index in [9.17, 15) is 29.4 Å². The highest BCUT2D eigenvalue weighted by atomic mass is 32.2. The third kappa shape index (κ3) is 4.03. The molecular formula is C26H17N3O6S. The van der Waals surface area contributed by atoms with Crippen LogP contribution in [-0.4, -0.2) is 45.7 Å². The fourth-order valence-corrected chi connectivity index (χ4v) is 5.11. The number of thioether (sulfide) groups is 1. The number of para-hydroxylation sites is 2. The molecule has 2 N–H and O–H groups in total. The van der Waals surface area contributed by atoms with E-state index in [2.05, 4.69) is 4.99 Å². The number of amides is 2. The van der Waals surface area contributed by atoms with Gasteiger partial charge in [-0.3, -0.25) is 24.2 Å². The first-order valence-electron chi connectivity index (χ1n) is 10.7. The number of hydrogen-bond donors (Lipinski definition) is 2. The number of amidine groups is 1. The van der Waals surface area contributed by atoms with Crippen LogP contribution in [0.1, 0.15) is 15.9 Å². The summed E-state index contributed by atoms with van der Waals surface area (Å²) < 4.78 is 0. The minimum absolute atomic E-state index is 0.0419. The summed E-state index contributed by atoms with van der Waals surface area (Å²) in [5, 5.41) is 18.9. The van der Waals surface area contributed by atoms with Gasteiger partial charge in [-0.1, -0.05) is 42.5 Å². The molecule has 36 heavy (non-hydrogen) atoms. The highest BCUT2D eigenvalue weighted by Gasteiger charge is 2.43. The van der Waals surface area contributed by atoms with E-state index in [1.165, 1.54) is 17.0 Å². The van der Waals surface area contributed by atoms with Crippen LogP contribution in [0.4, 0.5) is 17.1 Å². The normalized spacial score (nSPS) is 18.2. The van der Waals surface area contributed by atoms with Gasteiger partial charge in [0, 0.05) is 5.56 Å². The minimum Gasteiger partial charge on any atom is -0.480 e. The number of carbonyl (C=O) groups is 4. The molecule has 0 radical (unpaired) electrons. The summed E-state index contributed by atoms with van der Waals surface area (Å²) >= 11 is 0.980. The molecule has 3 aromatic rings. The van der Waals surface area contributed by atoms with Crippen molar-refractivity contribution >= 4 is 63.3 Å². The second kappa shape index (κ2) is 9.16. The molecule has 0 saturated carbocycles. The van der Waals surface area contributed by atoms with E-state index in [0.29, 0.717) is 22.6 Å². The maximum atomic E-state index is 13.7. The van der Waals surface area contributed by atoms with Crippen molar-refractivity contribution in [2.45, 2.75) is 0 Å². The van der Waals surface area contributed by atoms with E-state index in [4.69, 9.17) is 0 Å². The highest BCUT2D eigenvalue weighted by Crippen LogP contribution is 2.45. The summed E-state index contributed by atoms with van der Waals surface area (Å²) in [5.74, 6) is -3.37. The molecule has 10 heteroatoms. The number of aliphatic carboxylic acids is 1. The SMILES string of the molecule is O=C(O)CN1C(=O)/C(=C2\SC(=Nc3cccc(C(=O)O)c3)N(c3ccccc3)C2=O)c2ccccc21. The lowest BCUT2D eigenvalue weighted by molar-refractivity contribution is -0.136. The zero-order chi connectivity index (χ0) is 25.4. The number of benzene rings is 3. The summed E-state index contributed by atoms with van der Waals surface area (Å²) in [6.45, 7) is -0.545. The molecule has 9 nitrogen and oxygen atoms in total. The number of aliphatic imine (C=N–C) groups is 1. The molecule has 0 aliphatic carbocycles. The largest absolute Gasteiger partial charge is 0.480 e. The second-order valence-corrected chi connectivity index (χ2v) is 8.81. The van der Waals surface area contributed by atoms with E-state index in [0.717, 1.165) is 16.7 Å². The van der Waals surface area contributed by atoms with Crippen LogP contribution < -0.4 is 9.80 Å². The van der Waals surface area contributed by atoms with Gasteiger partial charge in [0.15, 0.2) is 5.17 Å². The Bertz CT molecular complexity index is 1500. The predicted molar refractivity (Wildman–Crippen MR) is 135 cm³/mol. The lowest BCUT2D eigenvalue weighted by Gasteiger charge is -2.15. The van der Waals surface area contributed by atoms with E-state index in [1.54, 1.807) is 66.7 Å². The quantitative estimate of drug-likeness (QED) is 0.508. The zero-order valence-corrected chi connectivity index (χ0v) is 19.3. The van der Waals surface area contributed by atoms with Crippen LogP contribution in [0.2, 0.25) is 0 Å². The summed E-state index contributed by atoms with van der Waals surface area (Å²) in [5.41, 5.74) is 1.85. The monoisotopic (exact) mass is 499 g/mol. The number of anilines is 2. The standard InChI is InChI=1S/C26H17N3O6S/c30-20(31)14-28-19-12-5-4-11-18(19)21(23(28)32)22-24(33)29(17-9-2-1-3-10-17)26(36-22)27-16-8-6-7-15(13-16)25(34)35/h1-13H,14H2,(H,30,31)(H,34,35)/b22-21-,27-26?. The Morgan fingerprint density at radius 3 is 2.31 bits per heavy atom. The van der Waals surface area contributed by atoms with Gasteiger partial charge in [0.2, 0.25) is 0 Å². The van der Waals surface area contributed by atoms with Gasteiger partial charge in [0.25, 0.3) is 11.8 Å². The maximum absolute atomic E-state index is 13.7. The topological polar surface area (TPSA) is 128 Å². The molecular weight excluding hydrogens is 482 g/mol. The molecule has 0 unspecified atom stereocenters. The van der Waals surface area contributed by atoms with Crippen LogP contribution in [0.15, 0.2) is 88.8 Å². The van der Waals surface area contributed by atoms with Crippen LogP contribution >= 0.6 is 11.8 Å². The number of rotatable bonds is 5. The lowest BCUT2D eigenvalue weighted by atomic mass is 10.1. The van der Waals surface area contributed by atoms with Crippen molar-refractivity contribution in [1.82, 2.24) is 0 Å². The van der Waals surface area contributed by atoms with E-state index in [-0.39, 0.29) is 21.2 Å². The van der Waals surface area contributed by atoms with Crippen molar-refractivity contribution in [1.29, 1.82) is 0 Å². The molecule has 0 atom stereocenters. The Kier molecular flexibility index (Phi) is 5.87. The molecule has 178 valence electrons. The van der Waals surface area contributed by atoms with Gasteiger partial charge < -0.3 is 10.2 Å². The summed E-state index contributed by atoms with van der Waals surface area (Å²) in [4.78, 5) is 57.1. The van der Waals surface area contributed by atoms with Gasteiger partial charge >= 0.3 is 11.9 Å². The van der Waals surface area contributed by atoms with E-state index < -0.39 is 30.3 Å². The van der Waals surface area contributed by atoms with E-state index >= 15 is 0 Å². The number of nitrogens with zero attached hydrogens (tertiary/aromatic N) is 3. The number of aromatic carboxylic acids is 1. The van der Waals surface area contributed by atoms with Crippen LogP contribution in [0.3, 0.4) is 0 Å². The average molecular weight is 500 g/mol. The lowest BCUT2D eigenvalue weighted by Crippen LogP contribution is -2.33. The number of carbonyl (C=O) groups excluding carboxylic acids is 2. The predicted octanol–water partition coefficient (Wildman–Crippen LogP) is 3.99. The number of carboxylic acid groups (broad SMARTS) is 2. The first kappa shape index (κ1) is 23.1. The summed E-state index contributed by atoms with van der Waals surface area (Å²) in [7, 11) is 0. The van der Waals surface area contributed by atoms with Gasteiger partial charge in [-0.25, -0.2) is 9.79 Å². The molecule has 1 fully saturated rings. The fourth-order valence-electron chi connectivity index (χ4n) is 4.02. The van der Waals surface area contributed by atoms with Crippen molar-refractivity contribution < 1.29 is 29.4 Å². The molecule has 2 aliphatic rings. The average Bonchev–Trinajstić information content (AvgIpc) is 3.32. The van der Waals surface area contributed by atoms with Crippen molar-refractivity contribution in [2.24, 2.45) is 4.99 Å². The van der Waals surface area contributed by atoms with Gasteiger partial charge in [-0.15, -0.1) is 0 Å². The highest BCUT2D eigenvalue weighted by molar-refractivity contribution is 8.19. The molecule has 2 aliphatic heterocycles. The van der Waals surface area contributed by atoms with Crippen LogP contribution in [0.5, 0.6) is 0 Å². The molecule has 5 rings (SSSR count). The van der Waals surface area contributed by atoms with Crippen molar-refractivity contribution in [3.05, 3.63) is 94.9 Å². The fraction of sp³-hybridized carbons (Fsp3) is 0.0385. The minimum atomic E-state index is -1.18. The second-order valence-electron chi connectivity index (χ2n) is 7.83. The van der Waals surface area contributed by atoms with Crippen molar-refractivity contribution in [3.8, 4) is 0 Å². The molecule has 0 aromatic heterocycles. The van der Waals surface area contributed by atoms with Crippen LogP contribution in [0, 0.1) is 0 Å². The van der Waals surface area contributed by atoms with Crippen LogP contribution in [-0.2, 0) is 14.4 Å². The third-order valence-corrected chi connectivity index (χ3v) is 6.60. The van der Waals surface area contributed by atoms with Gasteiger partial charge in [0.1, 0.15) is 6.54 Å². The third-order valence-electron chi connectivity index (χ3n) is 5.56. The molecule has 0 spiro atoms. The Morgan fingerprint density at radius 2 is 1.58 bits per heavy atom. The van der Waals surface area contributed by atoms with Gasteiger partial charge in [0.05, 0.1) is 33.1 Å². The first-order valence-corrected chi connectivity index (χ1v) is 11.5. The van der Waals surface area contributed by atoms with Gasteiger partial charge in [-0.05, 0) is 48.2 Å². The molecule has 0 bridgehead atoms. The van der Waals surface area contributed by atoms with Crippen molar-refractivity contribution in [3.63, 3.8) is 0 Å².